The van der Waals surface area contributed by atoms with Gasteiger partial charge in [0.25, 0.3) is 0 Å². The normalized spacial score (nSPS) is 10.6. The predicted octanol–water partition coefficient (Wildman–Crippen LogP) is 4.24. The van der Waals surface area contributed by atoms with Crippen LogP contribution in [0.5, 0.6) is 0 Å². The summed E-state index contributed by atoms with van der Waals surface area (Å²) >= 11 is 1.30. The van der Waals surface area contributed by atoms with E-state index in [2.05, 4.69) is 20.5 Å². The Kier molecular flexibility index (Phi) is 7.11. The first-order valence-corrected chi connectivity index (χ1v) is 11.2. The van der Waals surface area contributed by atoms with E-state index in [1.54, 1.807) is 43.7 Å². The molecule has 0 saturated heterocycles. The molecule has 0 saturated carbocycles. The molecule has 0 aliphatic heterocycles. The SMILES string of the molecule is CCOC(=O)c1ccc(NC(=O)CSc2ccc(-c3ccc(-n4ccnc4)cc3)nn2)cc1. The molecule has 166 valence electrons. The zero-order chi connectivity index (χ0) is 23.0. The number of aromatic nitrogens is 4. The molecule has 9 heteroatoms. The summed E-state index contributed by atoms with van der Waals surface area (Å²) in [6.07, 6.45) is 5.36. The topological polar surface area (TPSA) is 99.0 Å². The fourth-order valence-electron chi connectivity index (χ4n) is 3.01. The van der Waals surface area contributed by atoms with Gasteiger partial charge in [-0.2, -0.15) is 0 Å². The monoisotopic (exact) mass is 459 g/mol. The van der Waals surface area contributed by atoms with E-state index in [4.69, 9.17) is 4.74 Å². The molecule has 0 spiro atoms. The molecule has 1 amide bonds. The molecule has 4 rings (SSSR count). The van der Waals surface area contributed by atoms with Crippen molar-refractivity contribution in [2.45, 2.75) is 11.9 Å². The van der Waals surface area contributed by atoms with Gasteiger partial charge in [0.2, 0.25) is 5.91 Å². The molecular formula is C24H21N5O3S. The number of hydrogen-bond acceptors (Lipinski definition) is 7. The number of nitrogens with one attached hydrogen (secondary N) is 1. The van der Waals surface area contributed by atoms with Crippen LogP contribution in [0.1, 0.15) is 17.3 Å². The van der Waals surface area contributed by atoms with E-state index in [1.165, 1.54) is 11.8 Å². The van der Waals surface area contributed by atoms with Gasteiger partial charge >= 0.3 is 5.97 Å². The van der Waals surface area contributed by atoms with Gasteiger partial charge in [-0.05, 0) is 55.5 Å². The van der Waals surface area contributed by atoms with Gasteiger partial charge in [0, 0.05) is 29.3 Å². The maximum atomic E-state index is 12.2. The van der Waals surface area contributed by atoms with Crippen LogP contribution in [-0.2, 0) is 9.53 Å². The second kappa shape index (κ2) is 10.6. The van der Waals surface area contributed by atoms with Crippen LogP contribution in [0.4, 0.5) is 5.69 Å². The van der Waals surface area contributed by atoms with Crippen LogP contribution in [-0.4, -0.2) is 44.0 Å². The molecule has 2 heterocycles. The van der Waals surface area contributed by atoms with Crippen molar-refractivity contribution >= 4 is 29.3 Å². The molecule has 0 bridgehead atoms. The maximum absolute atomic E-state index is 12.2. The van der Waals surface area contributed by atoms with Crippen molar-refractivity contribution in [2.75, 3.05) is 17.7 Å². The predicted molar refractivity (Wildman–Crippen MR) is 126 cm³/mol. The molecule has 2 aromatic heterocycles. The lowest BCUT2D eigenvalue weighted by Gasteiger charge is -2.07. The minimum atomic E-state index is -0.387. The number of carbonyl (C=O) groups excluding carboxylic acids is 2. The maximum Gasteiger partial charge on any atom is 0.338 e. The standard InChI is InChI=1S/C24H21N5O3S/c1-2-32-24(31)18-3-7-19(8-4-18)26-22(30)15-33-23-12-11-21(27-28-23)17-5-9-20(10-6-17)29-14-13-25-16-29/h3-14,16H,2,15H2,1H3,(H,26,30). The highest BCUT2D eigenvalue weighted by molar-refractivity contribution is 7.99. The molecular weight excluding hydrogens is 438 g/mol. The Morgan fingerprint density at radius 3 is 2.42 bits per heavy atom. The Bertz CT molecular complexity index is 1210. The van der Waals surface area contributed by atoms with Gasteiger partial charge in [-0.1, -0.05) is 23.9 Å². The molecule has 2 aromatic carbocycles. The van der Waals surface area contributed by atoms with E-state index in [0.717, 1.165) is 16.9 Å². The number of esters is 1. The van der Waals surface area contributed by atoms with Crippen molar-refractivity contribution in [1.82, 2.24) is 19.7 Å². The third kappa shape index (κ3) is 5.83. The number of rotatable bonds is 8. The van der Waals surface area contributed by atoms with Gasteiger partial charge in [-0.25, -0.2) is 9.78 Å². The minimum absolute atomic E-state index is 0.176. The lowest BCUT2D eigenvalue weighted by molar-refractivity contribution is -0.113. The third-order valence-corrected chi connectivity index (χ3v) is 5.56. The first-order valence-electron chi connectivity index (χ1n) is 10.2. The fraction of sp³-hybridized carbons (Fsp3) is 0.125. The van der Waals surface area contributed by atoms with Gasteiger partial charge < -0.3 is 14.6 Å². The fourth-order valence-corrected chi connectivity index (χ4v) is 3.62. The zero-order valence-corrected chi connectivity index (χ0v) is 18.7. The zero-order valence-electron chi connectivity index (χ0n) is 17.8. The second-order valence-corrected chi connectivity index (χ2v) is 7.90. The van der Waals surface area contributed by atoms with Gasteiger partial charge in [-0.3, -0.25) is 4.79 Å². The van der Waals surface area contributed by atoms with Crippen molar-refractivity contribution in [2.24, 2.45) is 0 Å². The molecule has 8 nitrogen and oxygen atoms in total. The van der Waals surface area contributed by atoms with Crippen LogP contribution in [0, 0.1) is 0 Å². The van der Waals surface area contributed by atoms with Crippen molar-refractivity contribution in [3.8, 4) is 16.9 Å². The Labute approximate surface area is 195 Å². The summed E-state index contributed by atoms with van der Waals surface area (Å²) in [5.74, 6) is -0.375. The van der Waals surface area contributed by atoms with Crippen LogP contribution < -0.4 is 5.32 Å². The lowest BCUT2D eigenvalue weighted by atomic mass is 10.1. The van der Waals surface area contributed by atoms with Crippen molar-refractivity contribution in [3.05, 3.63) is 84.9 Å². The summed E-state index contributed by atoms with van der Waals surface area (Å²) in [5.41, 5.74) is 3.76. The van der Waals surface area contributed by atoms with E-state index in [-0.39, 0.29) is 17.6 Å². The van der Waals surface area contributed by atoms with Crippen LogP contribution in [0.2, 0.25) is 0 Å². The molecule has 0 unspecified atom stereocenters. The summed E-state index contributed by atoms with van der Waals surface area (Å²) in [6, 6.07) is 18.2. The van der Waals surface area contributed by atoms with Crippen molar-refractivity contribution < 1.29 is 14.3 Å². The first-order chi connectivity index (χ1) is 16.1. The Morgan fingerprint density at radius 2 is 1.79 bits per heavy atom. The number of carbonyl (C=O) groups is 2. The third-order valence-electron chi connectivity index (χ3n) is 4.64. The van der Waals surface area contributed by atoms with Crippen molar-refractivity contribution in [1.29, 1.82) is 0 Å². The van der Waals surface area contributed by atoms with Gasteiger partial charge in [0.05, 0.1) is 29.9 Å². The molecule has 0 aliphatic rings. The summed E-state index contributed by atoms with van der Waals surface area (Å²) in [7, 11) is 0. The number of ether oxygens (including phenoxy) is 1. The number of thioether (sulfide) groups is 1. The average Bonchev–Trinajstić information content (AvgIpc) is 3.39. The highest BCUT2D eigenvalue weighted by Crippen LogP contribution is 2.21. The van der Waals surface area contributed by atoms with Gasteiger partial charge in [0.15, 0.2) is 0 Å². The van der Waals surface area contributed by atoms with Crippen LogP contribution in [0.3, 0.4) is 0 Å². The summed E-state index contributed by atoms with van der Waals surface area (Å²) in [5, 5.41) is 12.0. The second-order valence-electron chi connectivity index (χ2n) is 6.91. The molecule has 1 N–H and O–H groups in total. The summed E-state index contributed by atoms with van der Waals surface area (Å²) in [4.78, 5) is 28.0. The van der Waals surface area contributed by atoms with Gasteiger partial charge in [0.1, 0.15) is 5.03 Å². The van der Waals surface area contributed by atoms with E-state index in [0.29, 0.717) is 22.9 Å². The molecule has 4 aromatic rings. The summed E-state index contributed by atoms with van der Waals surface area (Å²) < 4.78 is 6.87. The Hall–Kier alpha value is -3.98. The Morgan fingerprint density at radius 1 is 1.00 bits per heavy atom. The number of amides is 1. The van der Waals surface area contributed by atoms with E-state index >= 15 is 0 Å². The number of nitrogens with zero attached hydrogens (tertiary/aromatic N) is 4. The minimum Gasteiger partial charge on any atom is -0.462 e. The van der Waals surface area contributed by atoms with Crippen molar-refractivity contribution in [3.63, 3.8) is 0 Å². The van der Waals surface area contributed by atoms with Gasteiger partial charge in [-0.15, -0.1) is 10.2 Å². The van der Waals surface area contributed by atoms with Crippen LogP contribution >= 0.6 is 11.8 Å². The molecule has 0 fully saturated rings. The van der Waals surface area contributed by atoms with Crippen LogP contribution in [0.15, 0.2) is 84.4 Å². The quantitative estimate of drug-likeness (QED) is 0.311. The number of hydrogen-bond donors (Lipinski definition) is 1. The highest BCUT2D eigenvalue weighted by atomic mass is 32.2. The first kappa shape index (κ1) is 22.2. The number of imidazole rings is 1. The largest absolute Gasteiger partial charge is 0.462 e. The molecule has 33 heavy (non-hydrogen) atoms. The molecule has 0 atom stereocenters. The van der Waals surface area contributed by atoms with E-state index in [1.807, 2.05) is 47.2 Å². The molecule has 0 radical (unpaired) electrons. The number of benzene rings is 2. The van der Waals surface area contributed by atoms with E-state index in [9.17, 15) is 9.59 Å². The highest BCUT2D eigenvalue weighted by Gasteiger charge is 2.09. The van der Waals surface area contributed by atoms with Crippen LogP contribution in [0.25, 0.3) is 16.9 Å². The smallest absolute Gasteiger partial charge is 0.338 e. The molecule has 0 aliphatic carbocycles. The van der Waals surface area contributed by atoms with E-state index < -0.39 is 0 Å². The average molecular weight is 460 g/mol. The lowest BCUT2D eigenvalue weighted by Crippen LogP contribution is -2.14. The number of anilines is 1. The summed E-state index contributed by atoms with van der Waals surface area (Å²) in [6.45, 7) is 2.07. The Balaban J connectivity index is 1.29.